The van der Waals surface area contributed by atoms with Gasteiger partial charge in [0.05, 0.1) is 19.8 Å². The summed E-state index contributed by atoms with van der Waals surface area (Å²) in [5.74, 6) is -0.100. The minimum Gasteiger partial charge on any atom is -0.492 e. The minimum atomic E-state index is -0.953. The van der Waals surface area contributed by atoms with Crippen molar-refractivity contribution in [2.45, 2.75) is 13.1 Å². The summed E-state index contributed by atoms with van der Waals surface area (Å²) < 4.78 is 13.2. The molecule has 2 heterocycles. The van der Waals surface area contributed by atoms with E-state index < -0.39 is 5.97 Å². The van der Waals surface area contributed by atoms with Crippen molar-refractivity contribution in [3.8, 4) is 5.75 Å². The summed E-state index contributed by atoms with van der Waals surface area (Å²) in [5.41, 5.74) is 2.08. The van der Waals surface area contributed by atoms with E-state index >= 15 is 0 Å². The Kier molecular flexibility index (Phi) is 6.46. The first-order valence-corrected chi connectivity index (χ1v) is 8.79. The quantitative estimate of drug-likeness (QED) is 0.736. The number of rotatable bonds is 8. The average Bonchev–Trinajstić information content (AvgIpc) is 3.09. The Labute approximate surface area is 153 Å². The molecule has 0 aliphatic carbocycles. The number of hydrogen-bond acceptors (Lipinski definition) is 4. The Hall–Kier alpha value is -2.57. The highest BCUT2D eigenvalue weighted by molar-refractivity contribution is 5.84. The van der Waals surface area contributed by atoms with Crippen LogP contribution < -0.4 is 4.74 Å². The van der Waals surface area contributed by atoms with Crippen LogP contribution in [0.4, 0.5) is 0 Å². The zero-order valence-electron chi connectivity index (χ0n) is 14.7. The number of aromatic nitrogens is 1. The lowest BCUT2D eigenvalue weighted by molar-refractivity contribution is -0.131. The zero-order valence-corrected chi connectivity index (χ0v) is 14.7. The summed E-state index contributed by atoms with van der Waals surface area (Å²) in [4.78, 5) is 13.0. The van der Waals surface area contributed by atoms with E-state index in [0.717, 1.165) is 50.4 Å². The van der Waals surface area contributed by atoms with E-state index in [4.69, 9.17) is 14.6 Å². The van der Waals surface area contributed by atoms with Crippen LogP contribution in [-0.4, -0.2) is 53.5 Å². The molecular weight excluding hydrogens is 332 g/mol. The molecular formula is C20H24N2O4. The largest absolute Gasteiger partial charge is 0.492 e. The second kappa shape index (κ2) is 9.22. The van der Waals surface area contributed by atoms with Gasteiger partial charge in [-0.15, -0.1) is 0 Å². The molecule has 2 aromatic rings. The summed E-state index contributed by atoms with van der Waals surface area (Å²) in [7, 11) is 0. The first kappa shape index (κ1) is 18.2. The highest BCUT2D eigenvalue weighted by atomic mass is 16.5. The van der Waals surface area contributed by atoms with E-state index in [9.17, 15) is 4.79 Å². The third-order valence-corrected chi connectivity index (χ3v) is 4.27. The van der Waals surface area contributed by atoms with Crippen LogP contribution in [0.1, 0.15) is 11.3 Å². The summed E-state index contributed by atoms with van der Waals surface area (Å²) in [6, 6.07) is 11.9. The van der Waals surface area contributed by atoms with Crippen molar-refractivity contribution in [3.63, 3.8) is 0 Å². The number of carbonyl (C=O) groups is 1. The third kappa shape index (κ3) is 5.47. The molecule has 3 rings (SSSR count). The van der Waals surface area contributed by atoms with Crippen molar-refractivity contribution < 1.29 is 19.4 Å². The van der Waals surface area contributed by atoms with Crippen LogP contribution >= 0.6 is 0 Å². The second-order valence-corrected chi connectivity index (χ2v) is 6.18. The number of carboxylic acid groups (broad SMARTS) is 1. The number of hydrogen-bond donors (Lipinski definition) is 1. The molecule has 1 aliphatic rings. The lowest BCUT2D eigenvalue weighted by atomic mass is 10.2. The number of nitrogens with zero attached hydrogens (tertiary/aromatic N) is 2. The van der Waals surface area contributed by atoms with E-state index in [1.807, 2.05) is 35.0 Å². The van der Waals surface area contributed by atoms with Crippen LogP contribution in [0, 0.1) is 0 Å². The molecule has 1 N–H and O–H groups in total. The Balaban J connectivity index is 1.51. The van der Waals surface area contributed by atoms with Crippen LogP contribution in [0.3, 0.4) is 0 Å². The van der Waals surface area contributed by atoms with Crippen molar-refractivity contribution in [1.29, 1.82) is 0 Å². The topological polar surface area (TPSA) is 63.9 Å². The molecule has 1 fully saturated rings. The van der Waals surface area contributed by atoms with E-state index in [1.54, 1.807) is 6.08 Å². The summed E-state index contributed by atoms with van der Waals surface area (Å²) >= 11 is 0. The van der Waals surface area contributed by atoms with E-state index in [0.29, 0.717) is 13.2 Å². The standard InChI is InChI=1S/C20H24N2O4/c23-20(24)7-6-18-4-2-8-22(18)11-14-26-19-5-1-3-17(15-19)16-21-9-12-25-13-10-21/h1-8,15H,9-14,16H2,(H,23,24)/b7-6+. The van der Waals surface area contributed by atoms with E-state index in [1.165, 1.54) is 5.56 Å². The summed E-state index contributed by atoms with van der Waals surface area (Å²) in [6.07, 6.45) is 4.65. The van der Waals surface area contributed by atoms with Gasteiger partial charge in [-0.2, -0.15) is 0 Å². The van der Waals surface area contributed by atoms with Crippen LogP contribution in [0.2, 0.25) is 0 Å². The first-order valence-electron chi connectivity index (χ1n) is 8.79. The highest BCUT2D eigenvalue weighted by Gasteiger charge is 2.11. The van der Waals surface area contributed by atoms with E-state index in [-0.39, 0.29) is 0 Å². The van der Waals surface area contributed by atoms with Crippen molar-refractivity contribution >= 4 is 12.0 Å². The van der Waals surface area contributed by atoms with Crippen molar-refractivity contribution in [1.82, 2.24) is 9.47 Å². The fourth-order valence-electron chi connectivity index (χ4n) is 2.95. The van der Waals surface area contributed by atoms with Gasteiger partial charge < -0.3 is 19.1 Å². The van der Waals surface area contributed by atoms with Gasteiger partial charge >= 0.3 is 5.97 Å². The van der Waals surface area contributed by atoms with Gasteiger partial charge in [-0.25, -0.2) is 4.79 Å². The average molecular weight is 356 g/mol. The lowest BCUT2D eigenvalue weighted by Crippen LogP contribution is -2.35. The van der Waals surface area contributed by atoms with Crippen LogP contribution in [0.5, 0.6) is 5.75 Å². The lowest BCUT2D eigenvalue weighted by Gasteiger charge is -2.26. The SMILES string of the molecule is O=C(O)/C=C/c1cccn1CCOc1cccc(CN2CCOCC2)c1. The molecule has 1 aliphatic heterocycles. The minimum absolute atomic E-state index is 0.517. The number of morpholine rings is 1. The molecule has 0 unspecified atom stereocenters. The molecule has 26 heavy (non-hydrogen) atoms. The van der Waals surface area contributed by atoms with Gasteiger partial charge in [-0.3, -0.25) is 4.90 Å². The molecule has 0 bridgehead atoms. The van der Waals surface area contributed by atoms with Crippen LogP contribution in [0.15, 0.2) is 48.7 Å². The molecule has 0 radical (unpaired) electrons. The predicted molar refractivity (Wildman–Crippen MR) is 99.1 cm³/mol. The normalized spacial score (nSPS) is 15.4. The van der Waals surface area contributed by atoms with Crippen molar-refractivity contribution in [2.75, 3.05) is 32.9 Å². The van der Waals surface area contributed by atoms with Crippen molar-refractivity contribution in [2.24, 2.45) is 0 Å². The van der Waals surface area contributed by atoms with Gasteiger partial charge in [0.15, 0.2) is 0 Å². The first-order chi connectivity index (χ1) is 12.7. The van der Waals surface area contributed by atoms with Gasteiger partial charge in [0.25, 0.3) is 0 Å². The Morgan fingerprint density at radius 2 is 2.08 bits per heavy atom. The zero-order chi connectivity index (χ0) is 18.2. The smallest absolute Gasteiger partial charge is 0.328 e. The molecule has 1 aromatic carbocycles. The predicted octanol–water partition coefficient (Wildman–Crippen LogP) is 2.50. The third-order valence-electron chi connectivity index (χ3n) is 4.27. The number of benzene rings is 1. The maximum atomic E-state index is 10.6. The maximum Gasteiger partial charge on any atom is 0.328 e. The molecule has 0 atom stereocenters. The van der Waals surface area contributed by atoms with Gasteiger partial charge in [0.1, 0.15) is 12.4 Å². The molecule has 0 spiro atoms. The summed E-state index contributed by atoms with van der Waals surface area (Å²) in [5, 5.41) is 8.74. The number of carboxylic acids is 1. The van der Waals surface area contributed by atoms with E-state index in [2.05, 4.69) is 17.0 Å². The van der Waals surface area contributed by atoms with Crippen LogP contribution in [0.25, 0.3) is 6.08 Å². The summed E-state index contributed by atoms with van der Waals surface area (Å²) in [6.45, 7) is 5.60. The molecule has 138 valence electrons. The fourth-order valence-corrected chi connectivity index (χ4v) is 2.95. The molecule has 6 nitrogen and oxygen atoms in total. The Morgan fingerprint density at radius 3 is 2.88 bits per heavy atom. The molecule has 1 aromatic heterocycles. The fraction of sp³-hybridized carbons (Fsp3) is 0.350. The van der Waals surface area contributed by atoms with Crippen molar-refractivity contribution in [3.05, 3.63) is 59.9 Å². The highest BCUT2D eigenvalue weighted by Crippen LogP contribution is 2.16. The monoisotopic (exact) mass is 356 g/mol. The van der Waals surface area contributed by atoms with Gasteiger partial charge in [0.2, 0.25) is 0 Å². The number of aliphatic carboxylic acids is 1. The molecule has 1 saturated heterocycles. The van der Waals surface area contributed by atoms with Gasteiger partial charge in [-0.05, 0) is 35.9 Å². The molecule has 0 saturated carbocycles. The Morgan fingerprint density at radius 1 is 1.23 bits per heavy atom. The molecule has 6 heteroatoms. The van der Waals surface area contributed by atoms with Crippen LogP contribution in [-0.2, 0) is 22.6 Å². The number of ether oxygens (including phenoxy) is 2. The maximum absolute atomic E-state index is 10.6. The van der Waals surface area contributed by atoms with Gasteiger partial charge in [0, 0.05) is 37.6 Å². The Bertz CT molecular complexity index is 748. The van der Waals surface area contributed by atoms with Gasteiger partial charge in [-0.1, -0.05) is 12.1 Å². The second-order valence-electron chi connectivity index (χ2n) is 6.18. The molecule has 0 amide bonds.